The summed E-state index contributed by atoms with van der Waals surface area (Å²) in [5.41, 5.74) is 10.3. The number of anilines is 1. The van der Waals surface area contributed by atoms with Gasteiger partial charge < -0.3 is 15.2 Å². The van der Waals surface area contributed by atoms with Crippen LogP contribution in [0, 0.1) is 0 Å². The normalized spacial score (nSPS) is 11.3. The first kappa shape index (κ1) is 27.5. The van der Waals surface area contributed by atoms with Gasteiger partial charge in [-0.1, -0.05) is 54.9 Å². The number of nitrogen functional groups attached to an aromatic ring is 1. The van der Waals surface area contributed by atoms with Gasteiger partial charge in [0.2, 0.25) is 11.6 Å². The van der Waals surface area contributed by atoms with Crippen LogP contribution in [0.15, 0.2) is 52.2 Å². The number of methoxy groups -OCH3 is 1. The molecule has 0 aliphatic rings. The van der Waals surface area contributed by atoms with E-state index < -0.39 is 5.91 Å². The largest absolute Gasteiger partial charge is 0.493 e. The third-order valence-electron chi connectivity index (χ3n) is 5.85. The molecule has 2 heterocycles. The summed E-state index contributed by atoms with van der Waals surface area (Å²) in [6.45, 7) is 6.11. The molecule has 0 aliphatic carbocycles. The predicted molar refractivity (Wildman–Crippen MR) is 144 cm³/mol. The third kappa shape index (κ3) is 6.33. The van der Waals surface area contributed by atoms with Crippen LogP contribution in [0.5, 0.6) is 11.5 Å². The molecule has 3 N–H and O–H groups in total. The van der Waals surface area contributed by atoms with Crippen molar-refractivity contribution in [2.24, 2.45) is 5.10 Å². The lowest BCUT2D eigenvalue weighted by atomic mass is 10.2. The molecule has 0 unspecified atom stereocenters. The molecule has 13 nitrogen and oxygen atoms in total. The Bertz CT molecular complexity index is 1450. The standard InChI is InChI=1S/C25H28ClN9O4/c1-4-34(5-2)14-19-21(35(33-29-19)24-23(27)31-39-32-24)25(36)30-28-13-16-10-8-12-20(37-3)22(16)38-15-17-9-6-7-11-18(17)26/h6-13H,4-5,14-15H2,1-3H3,(H2,27,31)(H,30,36)/b28-13+. The fourth-order valence-corrected chi connectivity index (χ4v) is 3.91. The molecular formula is C25H28ClN9O4. The minimum absolute atomic E-state index is 0.0384. The Morgan fingerprint density at radius 1 is 1.21 bits per heavy atom. The fourth-order valence-electron chi connectivity index (χ4n) is 3.72. The molecule has 0 fully saturated rings. The average Bonchev–Trinajstić information content (AvgIpc) is 3.56. The van der Waals surface area contributed by atoms with Crippen LogP contribution in [0.1, 0.15) is 41.2 Å². The number of carbonyl (C=O) groups is 1. The van der Waals surface area contributed by atoms with Gasteiger partial charge in [0.25, 0.3) is 5.91 Å². The summed E-state index contributed by atoms with van der Waals surface area (Å²) in [5, 5.41) is 20.3. The van der Waals surface area contributed by atoms with E-state index in [1.807, 2.05) is 32.0 Å². The Morgan fingerprint density at radius 2 is 2.00 bits per heavy atom. The van der Waals surface area contributed by atoms with E-state index in [4.69, 9.17) is 26.8 Å². The van der Waals surface area contributed by atoms with Crippen molar-refractivity contribution in [2.45, 2.75) is 27.0 Å². The number of hydrogen-bond donors (Lipinski definition) is 2. The van der Waals surface area contributed by atoms with E-state index in [1.165, 1.54) is 18.0 Å². The Hall–Kier alpha value is -4.49. The summed E-state index contributed by atoms with van der Waals surface area (Å²) in [6, 6.07) is 12.7. The molecule has 204 valence electrons. The van der Waals surface area contributed by atoms with E-state index in [0.29, 0.717) is 34.3 Å². The van der Waals surface area contributed by atoms with Crippen LogP contribution in [0.3, 0.4) is 0 Å². The zero-order chi connectivity index (χ0) is 27.8. The van der Waals surface area contributed by atoms with Crippen LogP contribution in [-0.2, 0) is 13.2 Å². The molecule has 0 saturated heterocycles. The molecule has 4 rings (SSSR count). The van der Waals surface area contributed by atoms with Gasteiger partial charge in [-0.2, -0.15) is 9.78 Å². The van der Waals surface area contributed by atoms with Crippen molar-refractivity contribution in [3.63, 3.8) is 0 Å². The molecule has 14 heteroatoms. The topological polar surface area (TPSA) is 159 Å². The smallest absolute Gasteiger partial charge is 0.292 e. The van der Waals surface area contributed by atoms with Gasteiger partial charge in [0.15, 0.2) is 17.2 Å². The minimum atomic E-state index is -0.581. The van der Waals surface area contributed by atoms with E-state index in [9.17, 15) is 4.79 Å². The van der Waals surface area contributed by atoms with Crippen LogP contribution in [-0.4, -0.2) is 62.5 Å². The maximum Gasteiger partial charge on any atom is 0.292 e. The number of carbonyl (C=O) groups excluding carboxylic acids is 1. The first-order valence-electron chi connectivity index (χ1n) is 12.1. The van der Waals surface area contributed by atoms with Gasteiger partial charge in [0.1, 0.15) is 12.3 Å². The van der Waals surface area contributed by atoms with E-state index in [0.717, 1.165) is 18.7 Å². The maximum atomic E-state index is 13.3. The number of nitrogens with zero attached hydrogens (tertiary/aromatic N) is 7. The van der Waals surface area contributed by atoms with Crippen molar-refractivity contribution in [1.82, 2.24) is 35.6 Å². The molecule has 2 aromatic heterocycles. The molecule has 0 atom stereocenters. The molecule has 0 saturated carbocycles. The fraction of sp³-hybridized carbons (Fsp3) is 0.280. The van der Waals surface area contributed by atoms with Gasteiger partial charge in [-0.05, 0) is 41.6 Å². The zero-order valence-electron chi connectivity index (χ0n) is 21.7. The first-order valence-corrected chi connectivity index (χ1v) is 12.5. The number of hydrogen-bond acceptors (Lipinski definition) is 11. The van der Waals surface area contributed by atoms with Crippen LogP contribution >= 0.6 is 11.6 Å². The number of para-hydroxylation sites is 1. The summed E-state index contributed by atoms with van der Waals surface area (Å²) in [5.74, 6) is 0.361. The average molecular weight is 554 g/mol. The quantitative estimate of drug-likeness (QED) is 0.197. The molecular weight excluding hydrogens is 526 g/mol. The number of rotatable bonds is 12. The van der Waals surface area contributed by atoms with Gasteiger partial charge in [-0.3, -0.25) is 9.69 Å². The summed E-state index contributed by atoms with van der Waals surface area (Å²) >= 11 is 6.27. The third-order valence-corrected chi connectivity index (χ3v) is 6.22. The summed E-state index contributed by atoms with van der Waals surface area (Å²) in [6.07, 6.45) is 1.45. The second-order valence-electron chi connectivity index (χ2n) is 8.19. The zero-order valence-corrected chi connectivity index (χ0v) is 22.4. The Morgan fingerprint density at radius 3 is 2.69 bits per heavy atom. The van der Waals surface area contributed by atoms with Crippen molar-refractivity contribution in [2.75, 3.05) is 25.9 Å². The Balaban J connectivity index is 1.58. The van der Waals surface area contributed by atoms with Crippen molar-refractivity contribution >= 4 is 29.5 Å². The first-order chi connectivity index (χ1) is 19.0. The second kappa shape index (κ2) is 12.8. The van der Waals surface area contributed by atoms with Crippen LogP contribution in [0.2, 0.25) is 5.02 Å². The molecule has 0 radical (unpaired) electrons. The lowest BCUT2D eigenvalue weighted by molar-refractivity contribution is 0.0945. The Labute approximate surface area is 229 Å². The van der Waals surface area contributed by atoms with Crippen LogP contribution < -0.4 is 20.6 Å². The van der Waals surface area contributed by atoms with E-state index in [-0.39, 0.29) is 23.9 Å². The van der Waals surface area contributed by atoms with Gasteiger partial charge in [0.05, 0.1) is 13.3 Å². The molecule has 0 bridgehead atoms. The number of nitrogens with one attached hydrogen (secondary N) is 1. The highest BCUT2D eigenvalue weighted by Crippen LogP contribution is 2.31. The number of benzene rings is 2. The molecule has 4 aromatic rings. The highest BCUT2D eigenvalue weighted by Gasteiger charge is 2.26. The van der Waals surface area contributed by atoms with Crippen LogP contribution in [0.25, 0.3) is 5.82 Å². The predicted octanol–water partition coefficient (Wildman–Crippen LogP) is 3.08. The summed E-state index contributed by atoms with van der Waals surface area (Å²) < 4.78 is 17.4. The highest BCUT2D eigenvalue weighted by molar-refractivity contribution is 6.31. The van der Waals surface area contributed by atoms with Gasteiger partial charge in [-0.25, -0.2) is 10.1 Å². The molecule has 1 amide bonds. The summed E-state index contributed by atoms with van der Waals surface area (Å²) in [7, 11) is 1.54. The second-order valence-corrected chi connectivity index (χ2v) is 8.60. The number of nitrogens with two attached hydrogens (primary N) is 1. The molecule has 2 aromatic carbocycles. The van der Waals surface area contributed by atoms with E-state index in [2.05, 4.69) is 40.7 Å². The SMILES string of the molecule is CCN(CC)Cc1nnn(-c2nonc2N)c1C(=O)N/N=C/c1cccc(OC)c1OCc1ccccc1Cl. The van der Waals surface area contributed by atoms with Crippen LogP contribution in [0.4, 0.5) is 5.82 Å². The van der Waals surface area contributed by atoms with Gasteiger partial charge in [-0.15, -0.1) is 5.10 Å². The summed E-state index contributed by atoms with van der Waals surface area (Å²) in [4.78, 5) is 15.4. The molecule has 0 aliphatic heterocycles. The van der Waals surface area contributed by atoms with Crippen molar-refractivity contribution in [3.8, 4) is 17.3 Å². The monoisotopic (exact) mass is 553 g/mol. The van der Waals surface area contributed by atoms with Gasteiger partial charge >= 0.3 is 0 Å². The number of hydrazone groups is 1. The maximum absolute atomic E-state index is 13.3. The van der Waals surface area contributed by atoms with Gasteiger partial charge in [0, 0.05) is 22.7 Å². The van der Waals surface area contributed by atoms with E-state index >= 15 is 0 Å². The number of halogens is 1. The minimum Gasteiger partial charge on any atom is -0.493 e. The Kier molecular flexibility index (Phi) is 9.07. The highest BCUT2D eigenvalue weighted by atomic mass is 35.5. The molecule has 0 spiro atoms. The van der Waals surface area contributed by atoms with E-state index in [1.54, 1.807) is 24.3 Å². The lowest BCUT2D eigenvalue weighted by Crippen LogP contribution is -2.27. The number of ether oxygens (including phenoxy) is 2. The van der Waals surface area contributed by atoms with Crippen molar-refractivity contribution in [3.05, 3.63) is 70.0 Å². The van der Waals surface area contributed by atoms with Crippen molar-refractivity contribution < 1.29 is 18.9 Å². The lowest BCUT2D eigenvalue weighted by Gasteiger charge is -2.16. The van der Waals surface area contributed by atoms with Crippen molar-refractivity contribution in [1.29, 1.82) is 0 Å². The number of aromatic nitrogens is 5. The molecule has 39 heavy (non-hydrogen) atoms. The number of amides is 1.